The van der Waals surface area contributed by atoms with Gasteiger partial charge in [0, 0.05) is 18.7 Å². The molecule has 0 bridgehead atoms. The predicted octanol–water partition coefficient (Wildman–Crippen LogP) is 2.76. The topological polar surface area (TPSA) is 71.2 Å². The van der Waals surface area contributed by atoms with Gasteiger partial charge in [0.2, 0.25) is 5.89 Å². The highest BCUT2D eigenvalue weighted by molar-refractivity contribution is 5.52. The van der Waals surface area contributed by atoms with Crippen LogP contribution in [0.3, 0.4) is 0 Å². The molecule has 0 fully saturated rings. The van der Waals surface area contributed by atoms with Gasteiger partial charge in [-0.15, -0.1) is 5.10 Å². The molecule has 0 radical (unpaired) electrons. The molecule has 0 aliphatic carbocycles. The van der Waals surface area contributed by atoms with Crippen LogP contribution in [0.1, 0.15) is 17.9 Å². The van der Waals surface area contributed by atoms with Gasteiger partial charge in [-0.2, -0.15) is 13.2 Å². The fourth-order valence-electron chi connectivity index (χ4n) is 1.50. The van der Waals surface area contributed by atoms with Crippen molar-refractivity contribution in [3.8, 4) is 0 Å². The van der Waals surface area contributed by atoms with E-state index >= 15 is 0 Å². The third-order valence-corrected chi connectivity index (χ3v) is 2.48. The zero-order valence-corrected chi connectivity index (χ0v) is 10.3. The lowest BCUT2D eigenvalue weighted by atomic mass is 10.2. The number of halogens is 3. The van der Waals surface area contributed by atoms with Crippen molar-refractivity contribution in [3.05, 3.63) is 35.7 Å². The minimum atomic E-state index is -4.36. The maximum Gasteiger partial charge on any atom is 0.416 e. The molecule has 2 N–H and O–H groups in total. The van der Waals surface area contributed by atoms with Crippen LogP contribution in [0, 0.1) is 0 Å². The van der Waals surface area contributed by atoms with E-state index in [9.17, 15) is 13.2 Å². The zero-order valence-electron chi connectivity index (χ0n) is 10.3. The molecule has 0 saturated carbocycles. The Morgan fingerprint density at radius 3 is 2.45 bits per heavy atom. The molecule has 1 heterocycles. The SMILES string of the molecule is OCCCc1nnc(Nc2ccc(C(F)(F)F)cc2)o1. The van der Waals surface area contributed by atoms with Gasteiger partial charge in [0.25, 0.3) is 0 Å². The minimum Gasteiger partial charge on any atom is -0.408 e. The summed E-state index contributed by atoms with van der Waals surface area (Å²) in [5, 5.41) is 18.8. The predicted molar refractivity (Wildman–Crippen MR) is 64.4 cm³/mol. The van der Waals surface area contributed by atoms with Gasteiger partial charge < -0.3 is 14.8 Å². The monoisotopic (exact) mass is 287 g/mol. The average Bonchev–Trinajstić information content (AvgIpc) is 2.83. The van der Waals surface area contributed by atoms with Crippen LogP contribution in [-0.4, -0.2) is 21.9 Å². The summed E-state index contributed by atoms with van der Waals surface area (Å²) in [4.78, 5) is 0. The smallest absolute Gasteiger partial charge is 0.408 e. The summed E-state index contributed by atoms with van der Waals surface area (Å²) < 4.78 is 42.4. The molecular weight excluding hydrogens is 275 g/mol. The molecule has 0 atom stereocenters. The van der Waals surface area contributed by atoms with Gasteiger partial charge in [-0.25, -0.2) is 0 Å². The highest BCUT2D eigenvalue weighted by Gasteiger charge is 2.29. The number of benzene rings is 1. The van der Waals surface area contributed by atoms with Gasteiger partial charge in [0.15, 0.2) is 0 Å². The Kier molecular flexibility index (Phi) is 4.23. The van der Waals surface area contributed by atoms with Crippen molar-refractivity contribution in [1.82, 2.24) is 10.2 Å². The van der Waals surface area contributed by atoms with Crippen molar-refractivity contribution < 1.29 is 22.7 Å². The summed E-state index contributed by atoms with van der Waals surface area (Å²) in [6.07, 6.45) is -3.42. The molecule has 0 amide bonds. The van der Waals surface area contributed by atoms with E-state index in [1.807, 2.05) is 0 Å². The number of nitrogens with one attached hydrogen (secondary N) is 1. The van der Waals surface area contributed by atoms with Gasteiger partial charge in [-0.1, -0.05) is 5.10 Å². The lowest BCUT2D eigenvalue weighted by Crippen LogP contribution is -2.04. The van der Waals surface area contributed by atoms with Gasteiger partial charge in [-0.3, -0.25) is 0 Å². The summed E-state index contributed by atoms with van der Waals surface area (Å²) in [6.45, 7) is 0.0179. The first-order valence-electron chi connectivity index (χ1n) is 5.86. The van der Waals surface area contributed by atoms with Crippen molar-refractivity contribution in [2.24, 2.45) is 0 Å². The van der Waals surface area contributed by atoms with Crippen LogP contribution in [0.5, 0.6) is 0 Å². The van der Waals surface area contributed by atoms with Crippen LogP contribution >= 0.6 is 0 Å². The molecule has 20 heavy (non-hydrogen) atoms. The molecule has 2 rings (SSSR count). The third-order valence-electron chi connectivity index (χ3n) is 2.48. The van der Waals surface area contributed by atoms with Crippen molar-refractivity contribution in [2.75, 3.05) is 11.9 Å². The molecule has 0 unspecified atom stereocenters. The normalized spacial score (nSPS) is 11.6. The third kappa shape index (κ3) is 3.70. The molecule has 5 nitrogen and oxygen atoms in total. The number of aliphatic hydroxyl groups is 1. The van der Waals surface area contributed by atoms with Crippen molar-refractivity contribution >= 4 is 11.7 Å². The fourth-order valence-corrected chi connectivity index (χ4v) is 1.50. The largest absolute Gasteiger partial charge is 0.416 e. The van der Waals surface area contributed by atoms with Crippen LogP contribution < -0.4 is 5.32 Å². The van der Waals surface area contributed by atoms with Crippen LogP contribution in [-0.2, 0) is 12.6 Å². The standard InChI is InChI=1S/C12H12F3N3O2/c13-12(14,15)8-3-5-9(6-4-8)16-11-18-17-10(20-11)2-1-7-19/h3-6,19H,1-2,7H2,(H,16,18). The molecule has 1 aromatic carbocycles. The molecule has 0 aliphatic heterocycles. The van der Waals surface area contributed by atoms with Gasteiger partial charge in [-0.05, 0) is 30.7 Å². The summed E-state index contributed by atoms with van der Waals surface area (Å²) in [5.41, 5.74) is -0.312. The molecule has 2 aromatic rings. The first-order chi connectivity index (χ1) is 9.49. The van der Waals surface area contributed by atoms with Crippen LogP contribution in [0.2, 0.25) is 0 Å². The highest BCUT2D eigenvalue weighted by atomic mass is 19.4. The molecule has 108 valence electrons. The second-order valence-corrected chi connectivity index (χ2v) is 4.03. The summed E-state index contributed by atoms with van der Waals surface area (Å²) >= 11 is 0. The zero-order chi connectivity index (χ0) is 14.6. The van der Waals surface area contributed by atoms with E-state index in [-0.39, 0.29) is 12.6 Å². The van der Waals surface area contributed by atoms with E-state index in [0.717, 1.165) is 12.1 Å². The van der Waals surface area contributed by atoms with Gasteiger partial charge in [0.05, 0.1) is 5.56 Å². The number of aryl methyl sites for hydroxylation is 1. The quantitative estimate of drug-likeness (QED) is 0.884. The maximum absolute atomic E-state index is 12.4. The van der Waals surface area contributed by atoms with E-state index in [4.69, 9.17) is 9.52 Å². The Morgan fingerprint density at radius 1 is 1.15 bits per heavy atom. The van der Waals surface area contributed by atoms with Crippen molar-refractivity contribution in [3.63, 3.8) is 0 Å². The first-order valence-corrected chi connectivity index (χ1v) is 5.86. The van der Waals surface area contributed by atoms with Crippen LogP contribution in [0.15, 0.2) is 28.7 Å². The molecule has 1 aromatic heterocycles. The van der Waals surface area contributed by atoms with Crippen LogP contribution in [0.4, 0.5) is 24.9 Å². The number of hydrogen-bond acceptors (Lipinski definition) is 5. The Labute approximate surface area is 112 Å². The number of hydrogen-bond donors (Lipinski definition) is 2. The maximum atomic E-state index is 12.4. The average molecular weight is 287 g/mol. The molecule has 0 aliphatic rings. The number of nitrogens with zero attached hydrogens (tertiary/aromatic N) is 2. The summed E-state index contributed by atoms with van der Waals surface area (Å²) in [7, 11) is 0. The van der Waals surface area contributed by atoms with Crippen molar-refractivity contribution in [1.29, 1.82) is 0 Å². The number of aromatic nitrogens is 2. The number of alkyl halides is 3. The lowest BCUT2D eigenvalue weighted by Gasteiger charge is -2.07. The fraction of sp³-hybridized carbons (Fsp3) is 0.333. The molecule has 8 heteroatoms. The van der Waals surface area contributed by atoms with Crippen LogP contribution in [0.25, 0.3) is 0 Å². The molecule has 0 spiro atoms. The number of aliphatic hydroxyl groups excluding tert-OH is 1. The summed E-state index contributed by atoms with van der Waals surface area (Å²) in [5.74, 6) is 0.355. The number of anilines is 2. The summed E-state index contributed by atoms with van der Waals surface area (Å²) in [6, 6.07) is 4.58. The lowest BCUT2D eigenvalue weighted by molar-refractivity contribution is -0.137. The second kappa shape index (κ2) is 5.91. The number of rotatable bonds is 5. The Hall–Kier alpha value is -2.09. The Balaban J connectivity index is 2.01. The Morgan fingerprint density at radius 2 is 1.85 bits per heavy atom. The minimum absolute atomic E-state index is 0.0179. The highest BCUT2D eigenvalue weighted by Crippen LogP contribution is 2.30. The van der Waals surface area contributed by atoms with E-state index in [1.54, 1.807) is 0 Å². The second-order valence-electron chi connectivity index (χ2n) is 4.03. The van der Waals surface area contributed by atoms with E-state index in [0.29, 0.717) is 24.4 Å². The molecular formula is C12H12F3N3O2. The Bertz CT molecular complexity index is 552. The van der Waals surface area contributed by atoms with Gasteiger partial charge in [0.1, 0.15) is 0 Å². The van der Waals surface area contributed by atoms with Crippen molar-refractivity contribution in [2.45, 2.75) is 19.0 Å². The van der Waals surface area contributed by atoms with E-state index in [1.165, 1.54) is 12.1 Å². The van der Waals surface area contributed by atoms with E-state index < -0.39 is 11.7 Å². The first kappa shape index (κ1) is 14.3. The van der Waals surface area contributed by atoms with Gasteiger partial charge >= 0.3 is 12.2 Å². The molecule has 0 saturated heterocycles. The van der Waals surface area contributed by atoms with E-state index in [2.05, 4.69) is 15.5 Å².